The fourth-order valence-electron chi connectivity index (χ4n) is 1.51. The molecule has 0 amide bonds. The van der Waals surface area contributed by atoms with E-state index in [1.165, 1.54) is 10.4 Å². The number of thiophene rings is 1. The molecule has 0 aliphatic rings. The topological polar surface area (TPSA) is 12.0 Å². The van der Waals surface area contributed by atoms with Crippen LogP contribution in [0.2, 0.25) is 0 Å². The van der Waals surface area contributed by atoms with Gasteiger partial charge in [0.1, 0.15) is 0 Å². The molecule has 0 saturated carbocycles. The summed E-state index contributed by atoms with van der Waals surface area (Å²) >= 11 is 1.80. The molecule has 1 N–H and O–H groups in total. The molecule has 2 rings (SSSR count). The minimum Gasteiger partial charge on any atom is -0.305 e. The average molecular weight is 217 g/mol. The molecule has 2 heteroatoms. The normalized spacial score (nSPS) is 12.6. The largest absolute Gasteiger partial charge is 0.305 e. The van der Waals surface area contributed by atoms with Gasteiger partial charge in [-0.25, -0.2) is 0 Å². The molecule has 78 valence electrons. The van der Waals surface area contributed by atoms with Crippen LogP contribution in [-0.2, 0) is 6.54 Å². The maximum Gasteiger partial charge on any atom is 0.0388 e. The van der Waals surface area contributed by atoms with Crippen LogP contribution < -0.4 is 5.32 Å². The van der Waals surface area contributed by atoms with E-state index in [2.05, 4.69) is 54.0 Å². The Morgan fingerprint density at radius 1 is 1.13 bits per heavy atom. The number of hydrogen-bond donors (Lipinski definition) is 1. The van der Waals surface area contributed by atoms with Crippen LogP contribution in [0, 0.1) is 0 Å². The first-order valence-electron chi connectivity index (χ1n) is 5.17. The van der Waals surface area contributed by atoms with Crippen LogP contribution in [0.5, 0.6) is 0 Å². The van der Waals surface area contributed by atoms with Crippen molar-refractivity contribution in [3.63, 3.8) is 0 Å². The SMILES string of the molecule is C[C@H](NCc1ccccc1)c1cccs1. The van der Waals surface area contributed by atoms with Crippen molar-refractivity contribution >= 4 is 11.3 Å². The van der Waals surface area contributed by atoms with E-state index in [4.69, 9.17) is 0 Å². The summed E-state index contributed by atoms with van der Waals surface area (Å²) in [4.78, 5) is 1.39. The molecule has 0 radical (unpaired) electrons. The minimum atomic E-state index is 0.435. The summed E-state index contributed by atoms with van der Waals surface area (Å²) in [6, 6.07) is 15.2. The highest BCUT2D eigenvalue weighted by Crippen LogP contribution is 2.18. The van der Waals surface area contributed by atoms with Crippen LogP contribution >= 0.6 is 11.3 Å². The summed E-state index contributed by atoms with van der Waals surface area (Å²) in [5, 5.41) is 5.63. The summed E-state index contributed by atoms with van der Waals surface area (Å²) in [5.74, 6) is 0. The van der Waals surface area contributed by atoms with E-state index < -0.39 is 0 Å². The van der Waals surface area contributed by atoms with Gasteiger partial charge in [0, 0.05) is 17.5 Å². The van der Waals surface area contributed by atoms with Gasteiger partial charge in [-0.3, -0.25) is 0 Å². The summed E-state index contributed by atoms with van der Waals surface area (Å²) in [6.07, 6.45) is 0. The van der Waals surface area contributed by atoms with Gasteiger partial charge < -0.3 is 5.32 Å². The Morgan fingerprint density at radius 3 is 2.60 bits per heavy atom. The molecule has 0 saturated heterocycles. The molecule has 0 bridgehead atoms. The number of rotatable bonds is 4. The second-order valence-electron chi connectivity index (χ2n) is 3.60. The van der Waals surface area contributed by atoms with E-state index in [-0.39, 0.29) is 0 Å². The third-order valence-electron chi connectivity index (χ3n) is 2.43. The van der Waals surface area contributed by atoms with Crippen molar-refractivity contribution in [3.8, 4) is 0 Å². The Kier molecular flexibility index (Phi) is 3.54. The fourth-order valence-corrected chi connectivity index (χ4v) is 2.26. The van der Waals surface area contributed by atoms with E-state index in [1.807, 2.05) is 6.07 Å². The van der Waals surface area contributed by atoms with Gasteiger partial charge in [-0.05, 0) is 23.9 Å². The smallest absolute Gasteiger partial charge is 0.0388 e. The predicted octanol–water partition coefficient (Wildman–Crippen LogP) is 3.60. The molecule has 1 atom stereocenters. The van der Waals surface area contributed by atoms with E-state index in [0.717, 1.165) is 6.54 Å². The van der Waals surface area contributed by atoms with Crippen molar-refractivity contribution in [2.45, 2.75) is 19.5 Å². The molecule has 0 aliphatic carbocycles. The van der Waals surface area contributed by atoms with Crippen LogP contribution in [-0.4, -0.2) is 0 Å². The highest BCUT2D eigenvalue weighted by atomic mass is 32.1. The van der Waals surface area contributed by atoms with Crippen molar-refractivity contribution in [2.24, 2.45) is 0 Å². The fraction of sp³-hybridized carbons (Fsp3) is 0.231. The monoisotopic (exact) mass is 217 g/mol. The molecule has 0 fully saturated rings. The second-order valence-corrected chi connectivity index (χ2v) is 4.58. The molecule has 0 spiro atoms. The van der Waals surface area contributed by atoms with Crippen molar-refractivity contribution in [1.82, 2.24) is 5.32 Å². The highest BCUT2D eigenvalue weighted by molar-refractivity contribution is 7.10. The molecular formula is C13H15NS. The first-order valence-corrected chi connectivity index (χ1v) is 6.05. The molecule has 2 aromatic rings. The van der Waals surface area contributed by atoms with Crippen LogP contribution in [0.4, 0.5) is 0 Å². The highest BCUT2D eigenvalue weighted by Gasteiger charge is 2.04. The Bertz CT molecular complexity index is 380. The lowest BCUT2D eigenvalue weighted by Crippen LogP contribution is -2.16. The van der Waals surface area contributed by atoms with Gasteiger partial charge in [0.15, 0.2) is 0 Å². The average Bonchev–Trinajstić information content (AvgIpc) is 2.81. The Labute approximate surface area is 94.8 Å². The lowest BCUT2D eigenvalue weighted by atomic mass is 10.2. The Balaban J connectivity index is 1.89. The minimum absolute atomic E-state index is 0.435. The first-order chi connectivity index (χ1) is 7.36. The lowest BCUT2D eigenvalue weighted by molar-refractivity contribution is 0.583. The van der Waals surface area contributed by atoms with Crippen LogP contribution in [0.1, 0.15) is 23.4 Å². The van der Waals surface area contributed by atoms with Gasteiger partial charge in [0.25, 0.3) is 0 Å². The van der Waals surface area contributed by atoms with Crippen LogP contribution in [0.15, 0.2) is 47.8 Å². The summed E-state index contributed by atoms with van der Waals surface area (Å²) in [7, 11) is 0. The van der Waals surface area contributed by atoms with E-state index >= 15 is 0 Å². The summed E-state index contributed by atoms with van der Waals surface area (Å²) in [5.41, 5.74) is 1.33. The van der Waals surface area contributed by atoms with E-state index in [0.29, 0.717) is 6.04 Å². The van der Waals surface area contributed by atoms with E-state index in [9.17, 15) is 0 Å². The van der Waals surface area contributed by atoms with Crippen molar-refractivity contribution in [2.75, 3.05) is 0 Å². The Morgan fingerprint density at radius 2 is 1.93 bits per heavy atom. The summed E-state index contributed by atoms with van der Waals surface area (Å²) in [6.45, 7) is 3.13. The zero-order chi connectivity index (χ0) is 10.5. The summed E-state index contributed by atoms with van der Waals surface area (Å²) < 4.78 is 0. The van der Waals surface area contributed by atoms with E-state index in [1.54, 1.807) is 11.3 Å². The molecule has 1 nitrogen and oxygen atoms in total. The lowest BCUT2D eigenvalue weighted by Gasteiger charge is -2.11. The van der Waals surface area contributed by atoms with Gasteiger partial charge >= 0.3 is 0 Å². The zero-order valence-electron chi connectivity index (χ0n) is 8.81. The molecule has 15 heavy (non-hydrogen) atoms. The number of benzene rings is 1. The zero-order valence-corrected chi connectivity index (χ0v) is 9.63. The maximum absolute atomic E-state index is 3.51. The third kappa shape index (κ3) is 2.91. The third-order valence-corrected chi connectivity index (χ3v) is 3.48. The molecule has 1 aromatic carbocycles. The van der Waals surface area contributed by atoms with Crippen LogP contribution in [0.25, 0.3) is 0 Å². The van der Waals surface area contributed by atoms with Gasteiger partial charge in [-0.2, -0.15) is 0 Å². The maximum atomic E-state index is 3.51. The number of hydrogen-bond acceptors (Lipinski definition) is 2. The van der Waals surface area contributed by atoms with Gasteiger partial charge in [-0.1, -0.05) is 36.4 Å². The van der Waals surface area contributed by atoms with Gasteiger partial charge in [0.2, 0.25) is 0 Å². The Hall–Kier alpha value is -1.12. The first kappa shape index (κ1) is 10.4. The predicted molar refractivity (Wildman–Crippen MR) is 66.0 cm³/mol. The van der Waals surface area contributed by atoms with Crippen molar-refractivity contribution in [3.05, 3.63) is 58.3 Å². The second kappa shape index (κ2) is 5.10. The van der Waals surface area contributed by atoms with Crippen molar-refractivity contribution < 1.29 is 0 Å². The molecule has 0 aliphatic heterocycles. The van der Waals surface area contributed by atoms with Gasteiger partial charge in [-0.15, -0.1) is 11.3 Å². The van der Waals surface area contributed by atoms with Crippen molar-refractivity contribution in [1.29, 1.82) is 0 Å². The molecular weight excluding hydrogens is 202 g/mol. The van der Waals surface area contributed by atoms with Gasteiger partial charge in [0.05, 0.1) is 0 Å². The number of nitrogens with one attached hydrogen (secondary N) is 1. The molecule has 1 heterocycles. The van der Waals surface area contributed by atoms with Crippen LogP contribution in [0.3, 0.4) is 0 Å². The quantitative estimate of drug-likeness (QED) is 0.825. The molecule has 1 aromatic heterocycles. The standard InChI is InChI=1S/C13H15NS/c1-11(13-8-5-9-15-13)14-10-12-6-3-2-4-7-12/h2-9,11,14H,10H2,1H3/t11-/m0/s1. The molecule has 0 unspecified atom stereocenters.